The van der Waals surface area contributed by atoms with Crippen molar-refractivity contribution in [3.8, 4) is 0 Å². The lowest BCUT2D eigenvalue weighted by Crippen LogP contribution is -2.11. The Balaban J connectivity index is 2.26. The van der Waals surface area contributed by atoms with Crippen molar-refractivity contribution in [3.63, 3.8) is 0 Å². The lowest BCUT2D eigenvalue weighted by molar-refractivity contribution is -0.116. The summed E-state index contributed by atoms with van der Waals surface area (Å²) in [6.45, 7) is 4.11. The number of benzene rings is 1. The molecule has 0 fully saturated rings. The highest BCUT2D eigenvalue weighted by molar-refractivity contribution is 6.02. The number of fused-ring (bicyclic) bond motifs is 1. The average molecular weight is 201 g/mol. The quantitative estimate of drug-likeness (QED) is 0.732. The van der Waals surface area contributed by atoms with Gasteiger partial charge in [0.2, 0.25) is 5.91 Å². The van der Waals surface area contributed by atoms with E-state index in [9.17, 15) is 4.79 Å². The maximum atomic E-state index is 11.7. The van der Waals surface area contributed by atoms with Gasteiger partial charge in [0, 0.05) is 5.69 Å². The molecule has 0 aliphatic carbocycles. The number of hydrogen-bond donors (Lipinski definition) is 1. The third kappa shape index (κ3) is 1.94. The van der Waals surface area contributed by atoms with Crippen LogP contribution in [0, 0.1) is 0 Å². The van der Waals surface area contributed by atoms with Crippen LogP contribution >= 0.6 is 0 Å². The molecule has 0 spiro atoms. The van der Waals surface area contributed by atoms with Gasteiger partial charge in [0.1, 0.15) is 0 Å². The normalized spacial score (nSPS) is 18.3. The smallest absolute Gasteiger partial charge is 0.232 e. The van der Waals surface area contributed by atoms with Crippen molar-refractivity contribution in [2.24, 2.45) is 0 Å². The first kappa shape index (κ1) is 9.97. The van der Waals surface area contributed by atoms with Crippen LogP contribution in [0.3, 0.4) is 0 Å². The molecule has 1 aromatic carbocycles. The first-order chi connectivity index (χ1) is 7.18. The SMILES string of the molecule is CC(C)=CCC1C(=O)Nc2ccccc21. The Morgan fingerprint density at radius 2 is 2.13 bits per heavy atom. The van der Waals surface area contributed by atoms with E-state index in [0.29, 0.717) is 0 Å². The number of carbonyl (C=O) groups is 1. The molecule has 1 aliphatic heterocycles. The van der Waals surface area contributed by atoms with Gasteiger partial charge < -0.3 is 5.32 Å². The van der Waals surface area contributed by atoms with Crippen molar-refractivity contribution in [2.75, 3.05) is 5.32 Å². The van der Waals surface area contributed by atoms with Crippen molar-refractivity contribution < 1.29 is 4.79 Å². The number of nitrogens with one attached hydrogen (secondary N) is 1. The van der Waals surface area contributed by atoms with E-state index in [0.717, 1.165) is 17.7 Å². The zero-order valence-corrected chi connectivity index (χ0v) is 9.08. The van der Waals surface area contributed by atoms with Gasteiger partial charge in [-0.15, -0.1) is 0 Å². The molecule has 2 heteroatoms. The molecule has 1 unspecified atom stereocenters. The van der Waals surface area contributed by atoms with Crippen LogP contribution in [0.1, 0.15) is 31.7 Å². The van der Waals surface area contributed by atoms with Gasteiger partial charge in [-0.3, -0.25) is 4.79 Å². The summed E-state index contributed by atoms with van der Waals surface area (Å²) in [4.78, 5) is 11.7. The predicted molar refractivity (Wildman–Crippen MR) is 61.9 cm³/mol. The third-order valence-corrected chi connectivity index (χ3v) is 2.67. The highest BCUT2D eigenvalue weighted by Crippen LogP contribution is 2.34. The molecule has 1 aromatic rings. The Kier molecular flexibility index (Phi) is 2.58. The molecule has 0 saturated heterocycles. The van der Waals surface area contributed by atoms with E-state index in [1.165, 1.54) is 5.57 Å². The molecule has 1 atom stereocenters. The van der Waals surface area contributed by atoms with Crippen molar-refractivity contribution in [3.05, 3.63) is 41.5 Å². The number of anilines is 1. The molecule has 1 N–H and O–H groups in total. The largest absolute Gasteiger partial charge is 0.325 e. The van der Waals surface area contributed by atoms with E-state index in [4.69, 9.17) is 0 Å². The van der Waals surface area contributed by atoms with Crippen molar-refractivity contribution >= 4 is 11.6 Å². The first-order valence-electron chi connectivity index (χ1n) is 5.21. The van der Waals surface area contributed by atoms with Gasteiger partial charge >= 0.3 is 0 Å². The minimum absolute atomic E-state index is 0.00361. The molecule has 78 valence electrons. The maximum absolute atomic E-state index is 11.7. The topological polar surface area (TPSA) is 29.1 Å². The number of carbonyl (C=O) groups excluding carboxylic acids is 1. The number of allylic oxidation sites excluding steroid dienone is 2. The van der Waals surface area contributed by atoms with E-state index in [1.807, 2.05) is 24.3 Å². The molecule has 1 amide bonds. The Bertz CT molecular complexity index is 416. The number of rotatable bonds is 2. The van der Waals surface area contributed by atoms with Gasteiger partial charge in [0.25, 0.3) is 0 Å². The van der Waals surface area contributed by atoms with Gasteiger partial charge in [0.15, 0.2) is 0 Å². The standard InChI is InChI=1S/C13H15NO/c1-9(2)7-8-11-10-5-3-4-6-12(10)14-13(11)15/h3-7,11H,8H2,1-2H3,(H,14,15). The van der Waals surface area contributed by atoms with Crippen molar-refractivity contribution in [1.82, 2.24) is 0 Å². The fourth-order valence-electron chi connectivity index (χ4n) is 1.86. The van der Waals surface area contributed by atoms with Crippen LogP contribution in [0.15, 0.2) is 35.9 Å². The fraction of sp³-hybridized carbons (Fsp3) is 0.308. The summed E-state index contributed by atoms with van der Waals surface area (Å²) < 4.78 is 0. The van der Waals surface area contributed by atoms with Crippen LogP contribution in [-0.2, 0) is 4.79 Å². The molecule has 2 nitrogen and oxygen atoms in total. The van der Waals surface area contributed by atoms with E-state index >= 15 is 0 Å². The van der Waals surface area contributed by atoms with E-state index in [2.05, 4.69) is 25.2 Å². The average Bonchev–Trinajstić information content (AvgIpc) is 2.50. The Morgan fingerprint density at radius 3 is 2.87 bits per heavy atom. The lowest BCUT2D eigenvalue weighted by Gasteiger charge is -2.05. The zero-order valence-electron chi connectivity index (χ0n) is 9.08. The minimum atomic E-state index is -0.00361. The summed E-state index contributed by atoms with van der Waals surface area (Å²) in [7, 11) is 0. The second-order valence-corrected chi connectivity index (χ2v) is 4.15. The second-order valence-electron chi connectivity index (χ2n) is 4.15. The van der Waals surface area contributed by atoms with Crippen molar-refractivity contribution in [1.29, 1.82) is 0 Å². The molecule has 0 radical (unpaired) electrons. The van der Waals surface area contributed by atoms with Crippen LogP contribution in [-0.4, -0.2) is 5.91 Å². The Morgan fingerprint density at radius 1 is 1.40 bits per heavy atom. The molecule has 2 rings (SSSR count). The molecular weight excluding hydrogens is 186 g/mol. The summed E-state index contributed by atoms with van der Waals surface area (Å²) in [6.07, 6.45) is 2.91. The lowest BCUT2D eigenvalue weighted by atomic mass is 9.96. The molecule has 1 aliphatic rings. The summed E-state index contributed by atoms with van der Waals surface area (Å²) in [6, 6.07) is 7.91. The highest BCUT2D eigenvalue weighted by Gasteiger charge is 2.28. The fourth-order valence-corrected chi connectivity index (χ4v) is 1.86. The maximum Gasteiger partial charge on any atom is 0.232 e. The molecular formula is C13H15NO. The van der Waals surface area contributed by atoms with Gasteiger partial charge in [-0.1, -0.05) is 29.8 Å². The van der Waals surface area contributed by atoms with Gasteiger partial charge in [-0.25, -0.2) is 0 Å². The summed E-state index contributed by atoms with van der Waals surface area (Å²) >= 11 is 0. The zero-order chi connectivity index (χ0) is 10.8. The van der Waals surface area contributed by atoms with Crippen molar-refractivity contribution in [2.45, 2.75) is 26.2 Å². The van der Waals surface area contributed by atoms with Gasteiger partial charge in [-0.2, -0.15) is 0 Å². The number of hydrogen-bond acceptors (Lipinski definition) is 1. The third-order valence-electron chi connectivity index (χ3n) is 2.67. The van der Waals surface area contributed by atoms with Crippen LogP contribution in [0.2, 0.25) is 0 Å². The van der Waals surface area contributed by atoms with Crippen LogP contribution < -0.4 is 5.32 Å². The van der Waals surface area contributed by atoms with Crippen LogP contribution in [0.4, 0.5) is 5.69 Å². The number of para-hydroxylation sites is 1. The summed E-state index contributed by atoms with van der Waals surface area (Å²) in [5, 5.41) is 2.90. The summed E-state index contributed by atoms with van der Waals surface area (Å²) in [5.74, 6) is 0.116. The first-order valence-corrected chi connectivity index (χ1v) is 5.21. The Hall–Kier alpha value is -1.57. The monoisotopic (exact) mass is 201 g/mol. The van der Waals surface area contributed by atoms with Gasteiger partial charge in [-0.05, 0) is 31.9 Å². The Labute approximate surface area is 90.0 Å². The highest BCUT2D eigenvalue weighted by atomic mass is 16.2. The number of amides is 1. The molecule has 15 heavy (non-hydrogen) atoms. The van der Waals surface area contributed by atoms with Gasteiger partial charge in [0.05, 0.1) is 5.92 Å². The molecule has 0 saturated carbocycles. The van der Waals surface area contributed by atoms with E-state index < -0.39 is 0 Å². The molecule has 1 heterocycles. The van der Waals surface area contributed by atoms with Crippen LogP contribution in [0.5, 0.6) is 0 Å². The summed E-state index contributed by atoms with van der Waals surface area (Å²) in [5.41, 5.74) is 3.35. The second kappa shape index (κ2) is 3.89. The molecule has 0 bridgehead atoms. The van der Waals surface area contributed by atoms with E-state index in [-0.39, 0.29) is 11.8 Å². The minimum Gasteiger partial charge on any atom is -0.325 e. The van der Waals surface area contributed by atoms with Crippen LogP contribution in [0.25, 0.3) is 0 Å². The molecule has 0 aromatic heterocycles. The predicted octanol–water partition coefficient (Wildman–Crippen LogP) is 3.08. The van der Waals surface area contributed by atoms with E-state index in [1.54, 1.807) is 0 Å².